The van der Waals surface area contributed by atoms with Crippen LogP contribution in [-0.4, -0.2) is 38.9 Å². The third-order valence-electron chi connectivity index (χ3n) is 3.55. The van der Waals surface area contributed by atoms with Gasteiger partial charge in [0.2, 0.25) is 5.91 Å². The van der Waals surface area contributed by atoms with Crippen LogP contribution >= 0.6 is 0 Å². The number of rotatable bonds is 2. The standard InChI is InChI=1S/C9H16N2O3S/c1-15(13,14)7-3-9(7)2-6(8(10)12)4-11-5-9/h6-7,11H,2-5H2,1H3,(H2,10,12). The molecule has 2 aliphatic rings. The molecule has 15 heavy (non-hydrogen) atoms. The number of piperidine rings is 1. The van der Waals surface area contributed by atoms with Gasteiger partial charge in [0.1, 0.15) is 0 Å². The molecular weight excluding hydrogens is 216 g/mol. The van der Waals surface area contributed by atoms with Gasteiger partial charge in [-0.3, -0.25) is 4.79 Å². The van der Waals surface area contributed by atoms with E-state index in [0.717, 1.165) is 0 Å². The predicted octanol–water partition coefficient (Wildman–Crippen LogP) is -1.12. The van der Waals surface area contributed by atoms with Gasteiger partial charge in [-0.2, -0.15) is 0 Å². The summed E-state index contributed by atoms with van der Waals surface area (Å²) in [7, 11) is -2.98. The highest BCUT2D eigenvalue weighted by molar-refractivity contribution is 7.91. The lowest BCUT2D eigenvalue weighted by Gasteiger charge is -2.28. The molecule has 3 unspecified atom stereocenters. The smallest absolute Gasteiger partial charge is 0.221 e. The molecule has 1 spiro atoms. The molecule has 0 bridgehead atoms. The van der Waals surface area contributed by atoms with Crippen LogP contribution < -0.4 is 11.1 Å². The Morgan fingerprint density at radius 1 is 1.47 bits per heavy atom. The van der Waals surface area contributed by atoms with Crippen LogP contribution in [0.25, 0.3) is 0 Å². The fourth-order valence-corrected chi connectivity index (χ4v) is 4.37. The van der Waals surface area contributed by atoms with E-state index in [1.165, 1.54) is 6.26 Å². The summed E-state index contributed by atoms with van der Waals surface area (Å²) in [6.07, 6.45) is 2.55. The minimum atomic E-state index is -2.98. The number of hydrogen-bond donors (Lipinski definition) is 2. The fourth-order valence-electron chi connectivity index (χ4n) is 2.65. The monoisotopic (exact) mass is 232 g/mol. The summed E-state index contributed by atoms with van der Waals surface area (Å²) in [6, 6.07) is 0. The highest BCUT2D eigenvalue weighted by Crippen LogP contribution is 2.55. The van der Waals surface area contributed by atoms with Crippen LogP contribution in [0.3, 0.4) is 0 Å². The van der Waals surface area contributed by atoms with Gasteiger partial charge >= 0.3 is 0 Å². The highest BCUT2D eigenvalue weighted by atomic mass is 32.2. The second-order valence-electron chi connectivity index (χ2n) is 4.82. The molecule has 0 radical (unpaired) electrons. The Balaban J connectivity index is 2.10. The van der Waals surface area contributed by atoms with Crippen molar-refractivity contribution in [1.82, 2.24) is 5.32 Å². The Morgan fingerprint density at radius 3 is 2.60 bits per heavy atom. The van der Waals surface area contributed by atoms with E-state index < -0.39 is 9.84 Å². The van der Waals surface area contributed by atoms with Gasteiger partial charge in [-0.25, -0.2) is 8.42 Å². The van der Waals surface area contributed by atoms with Gasteiger partial charge in [-0.05, 0) is 12.8 Å². The van der Waals surface area contributed by atoms with E-state index >= 15 is 0 Å². The minimum Gasteiger partial charge on any atom is -0.369 e. The van der Waals surface area contributed by atoms with Crippen LogP contribution in [0.15, 0.2) is 0 Å². The summed E-state index contributed by atoms with van der Waals surface area (Å²) in [6.45, 7) is 1.27. The molecule has 1 heterocycles. The molecule has 3 N–H and O–H groups in total. The van der Waals surface area contributed by atoms with Crippen LogP contribution in [0.4, 0.5) is 0 Å². The van der Waals surface area contributed by atoms with Gasteiger partial charge in [0.25, 0.3) is 0 Å². The van der Waals surface area contributed by atoms with Crippen LogP contribution in [-0.2, 0) is 14.6 Å². The van der Waals surface area contributed by atoms with Crippen molar-refractivity contribution in [1.29, 1.82) is 0 Å². The first-order chi connectivity index (χ1) is 6.85. The van der Waals surface area contributed by atoms with Crippen molar-refractivity contribution in [3.8, 4) is 0 Å². The molecule has 3 atom stereocenters. The van der Waals surface area contributed by atoms with Gasteiger partial charge in [-0.15, -0.1) is 0 Å². The van der Waals surface area contributed by atoms with E-state index in [9.17, 15) is 13.2 Å². The van der Waals surface area contributed by atoms with Crippen LogP contribution in [0.2, 0.25) is 0 Å². The lowest BCUT2D eigenvalue weighted by atomic mass is 9.87. The van der Waals surface area contributed by atoms with Crippen LogP contribution in [0, 0.1) is 11.3 Å². The van der Waals surface area contributed by atoms with Crippen molar-refractivity contribution in [3.05, 3.63) is 0 Å². The zero-order chi connectivity index (χ0) is 11.3. The first-order valence-electron chi connectivity index (χ1n) is 5.04. The van der Waals surface area contributed by atoms with E-state index in [2.05, 4.69) is 5.32 Å². The highest BCUT2D eigenvalue weighted by Gasteiger charge is 2.61. The van der Waals surface area contributed by atoms with Crippen LogP contribution in [0.1, 0.15) is 12.8 Å². The number of nitrogens with two attached hydrogens (primary N) is 1. The number of carbonyl (C=O) groups excluding carboxylic acids is 1. The van der Waals surface area contributed by atoms with Crippen molar-refractivity contribution in [3.63, 3.8) is 0 Å². The number of nitrogens with one attached hydrogen (secondary N) is 1. The quantitative estimate of drug-likeness (QED) is 0.631. The molecule has 0 aromatic heterocycles. The summed E-state index contributed by atoms with van der Waals surface area (Å²) in [4.78, 5) is 11.1. The van der Waals surface area contributed by atoms with E-state index in [1.54, 1.807) is 0 Å². The second-order valence-corrected chi connectivity index (χ2v) is 7.05. The zero-order valence-electron chi connectivity index (χ0n) is 8.69. The lowest BCUT2D eigenvalue weighted by molar-refractivity contribution is -0.122. The topological polar surface area (TPSA) is 89.3 Å². The summed E-state index contributed by atoms with van der Waals surface area (Å²) in [5, 5.41) is 2.83. The number of sulfone groups is 1. The molecule has 5 nitrogen and oxygen atoms in total. The summed E-state index contributed by atoms with van der Waals surface area (Å²) in [5.74, 6) is -0.550. The SMILES string of the molecule is CS(=O)(=O)C1CC12CNCC(C(N)=O)C2. The van der Waals surface area contributed by atoms with Gasteiger partial charge in [0.15, 0.2) is 9.84 Å². The van der Waals surface area contributed by atoms with Crippen molar-refractivity contribution >= 4 is 15.7 Å². The molecule has 1 aliphatic heterocycles. The van der Waals surface area contributed by atoms with Crippen molar-refractivity contribution in [2.45, 2.75) is 18.1 Å². The molecule has 1 amide bonds. The minimum absolute atomic E-state index is 0.217. The summed E-state index contributed by atoms with van der Waals surface area (Å²) in [5.41, 5.74) is 5.03. The molecule has 1 saturated carbocycles. The molecule has 1 aliphatic carbocycles. The second kappa shape index (κ2) is 3.18. The van der Waals surface area contributed by atoms with Crippen molar-refractivity contribution in [2.75, 3.05) is 19.3 Å². The summed E-state index contributed by atoms with van der Waals surface area (Å²) >= 11 is 0. The number of primary amides is 1. The van der Waals surface area contributed by atoms with E-state index in [4.69, 9.17) is 5.73 Å². The van der Waals surface area contributed by atoms with Crippen molar-refractivity contribution < 1.29 is 13.2 Å². The van der Waals surface area contributed by atoms with E-state index in [1.807, 2.05) is 0 Å². The van der Waals surface area contributed by atoms with Crippen LogP contribution in [0.5, 0.6) is 0 Å². The predicted molar refractivity (Wildman–Crippen MR) is 55.9 cm³/mol. The fraction of sp³-hybridized carbons (Fsp3) is 0.889. The molecule has 0 aromatic carbocycles. The molecule has 6 heteroatoms. The largest absolute Gasteiger partial charge is 0.369 e. The van der Waals surface area contributed by atoms with Gasteiger partial charge in [0, 0.05) is 24.8 Å². The Hall–Kier alpha value is -0.620. The zero-order valence-corrected chi connectivity index (χ0v) is 9.51. The maximum atomic E-state index is 11.4. The first kappa shape index (κ1) is 10.9. The molecule has 2 fully saturated rings. The Labute approximate surface area is 89.3 Å². The molecule has 0 aromatic rings. The number of amides is 1. The van der Waals surface area contributed by atoms with E-state index in [0.29, 0.717) is 25.9 Å². The van der Waals surface area contributed by atoms with Crippen molar-refractivity contribution in [2.24, 2.45) is 17.1 Å². The Morgan fingerprint density at radius 2 is 2.13 bits per heavy atom. The lowest BCUT2D eigenvalue weighted by Crippen LogP contribution is -2.44. The van der Waals surface area contributed by atoms with Gasteiger partial charge < -0.3 is 11.1 Å². The normalized spacial score (nSPS) is 40.3. The maximum Gasteiger partial charge on any atom is 0.221 e. The molecule has 86 valence electrons. The van der Waals surface area contributed by atoms with E-state index in [-0.39, 0.29) is 22.5 Å². The number of carbonyl (C=O) groups is 1. The maximum absolute atomic E-state index is 11.4. The average Bonchev–Trinajstić information content (AvgIpc) is 2.79. The third-order valence-corrected chi connectivity index (χ3v) is 5.26. The third kappa shape index (κ3) is 1.88. The Kier molecular flexibility index (Phi) is 2.31. The molecule has 1 saturated heterocycles. The van der Waals surface area contributed by atoms with Gasteiger partial charge in [0.05, 0.1) is 11.2 Å². The molecule has 2 rings (SSSR count). The van der Waals surface area contributed by atoms with Gasteiger partial charge in [-0.1, -0.05) is 0 Å². The molecular formula is C9H16N2O3S. The average molecular weight is 232 g/mol. The Bertz CT molecular complexity index is 392. The number of hydrogen-bond acceptors (Lipinski definition) is 4. The summed E-state index contributed by atoms with van der Waals surface area (Å²) < 4.78 is 22.8. The first-order valence-corrected chi connectivity index (χ1v) is 6.99.